The molecule has 0 radical (unpaired) electrons. The van der Waals surface area contributed by atoms with Gasteiger partial charge in [0.15, 0.2) is 0 Å². The van der Waals surface area contributed by atoms with Crippen LogP contribution in [-0.4, -0.2) is 10.9 Å². The summed E-state index contributed by atoms with van der Waals surface area (Å²) in [6.45, 7) is 2.09. The molecular weight excluding hydrogens is 456 g/mol. The number of hydrogen-bond donors (Lipinski definition) is 1. The fourth-order valence-corrected chi connectivity index (χ4v) is 5.70. The molecule has 1 aromatic heterocycles. The second kappa shape index (κ2) is 10.2. The van der Waals surface area contributed by atoms with E-state index in [1.165, 1.54) is 21.4 Å². The predicted molar refractivity (Wildman–Crippen MR) is 146 cm³/mol. The third-order valence-electron chi connectivity index (χ3n) is 5.53. The highest BCUT2D eigenvalue weighted by Crippen LogP contribution is 2.31. The van der Waals surface area contributed by atoms with E-state index in [2.05, 4.69) is 54.7 Å². The van der Waals surface area contributed by atoms with E-state index in [9.17, 15) is 4.79 Å². The Morgan fingerprint density at radius 1 is 0.853 bits per heavy atom. The molecule has 0 spiro atoms. The smallest absolute Gasteiger partial charge is 0.255 e. The first-order valence-corrected chi connectivity index (χ1v) is 13.1. The van der Waals surface area contributed by atoms with Crippen LogP contribution in [-0.2, 0) is 11.5 Å². The summed E-state index contributed by atoms with van der Waals surface area (Å²) < 4.78 is 1.19. The SMILES string of the molecule is Cc1ccc2nc(-c3ccc(NC(=O)c4ccc(CSCc5ccccc5)cc4)cc3)sc2c1. The Hall–Kier alpha value is -3.41. The minimum absolute atomic E-state index is 0.105. The number of amides is 1. The van der Waals surface area contributed by atoms with Crippen LogP contribution in [0, 0.1) is 6.92 Å². The molecule has 1 amide bonds. The van der Waals surface area contributed by atoms with Crippen LogP contribution < -0.4 is 5.32 Å². The summed E-state index contributed by atoms with van der Waals surface area (Å²) in [7, 11) is 0. The van der Waals surface area contributed by atoms with Gasteiger partial charge in [-0.1, -0.05) is 48.5 Å². The summed E-state index contributed by atoms with van der Waals surface area (Å²) in [6.07, 6.45) is 0. The van der Waals surface area contributed by atoms with E-state index in [1.54, 1.807) is 11.3 Å². The number of anilines is 1. The molecule has 0 aliphatic heterocycles. The van der Waals surface area contributed by atoms with Crippen molar-refractivity contribution in [1.29, 1.82) is 0 Å². The van der Waals surface area contributed by atoms with E-state index >= 15 is 0 Å². The van der Waals surface area contributed by atoms with Gasteiger partial charge in [-0.25, -0.2) is 4.98 Å². The number of thioether (sulfide) groups is 1. The Kier molecular flexibility index (Phi) is 6.74. The van der Waals surface area contributed by atoms with Gasteiger partial charge in [0, 0.05) is 28.3 Å². The number of benzene rings is 4. The molecule has 4 aromatic carbocycles. The summed E-state index contributed by atoms with van der Waals surface area (Å²) >= 11 is 3.56. The second-order valence-electron chi connectivity index (χ2n) is 8.20. The highest BCUT2D eigenvalue weighted by atomic mass is 32.2. The summed E-state index contributed by atoms with van der Waals surface area (Å²) in [5.74, 6) is 1.80. The van der Waals surface area contributed by atoms with Crippen LogP contribution in [0.2, 0.25) is 0 Å². The zero-order valence-electron chi connectivity index (χ0n) is 18.8. The monoisotopic (exact) mass is 480 g/mol. The van der Waals surface area contributed by atoms with Crippen molar-refractivity contribution in [2.75, 3.05) is 5.32 Å². The molecule has 5 aromatic rings. The van der Waals surface area contributed by atoms with E-state index in [0.717, 1.165) is 33.3 Å². The van der Waals surface area contributed by atoms with Crippen molar-refractivity contribution in [3.63, 3.8) is 0 Å². The lowest BCUT2D eigenvalue weighted by Crippen LogP contribution is -2.11. The first-order chi connectivity index (χ1) is 16.6. The van der Waals surface area contributed by atoms with Crippen LogP contribution in [0.4, 0.5) is 5.69 Å². The van der Waals surface area contributed by atoms with E-state index in [4.69, 9.17) is 4.98 Å². The summed E-state index contributed by atoms with van der Waals surface area (Å²) in [5.41, 5.74) is 7.27. The molecule has 0 atom stereocenters. The van der Waals surface area contributed by atoms with Crippen molar-refractivity contribution in [2.24, 2.45) is 0 Å². The minimum atomic E-state index is -0.105. The Labute approximate surface area is 207 Å². The van der Waals surface area contributed by atoms with Crippen molar-refractivity contribution in [3.8, 4) is 10.6 Å². The van der Waals surface area contributed by atoms with E-state index in [1.807, 2.05) is 66.4 Å². The molecule has 5 heteroatoms. The van der Waals surface area contributed by atoms with E-state index in [0.29, 0.717) is 5.56 Å². The maximum atomic E-state index is 12.7. The largest absolute Gasteiger partial charge is 0.322 e. The molecule has 0 saturated heterocycles. The number of nitrogens with one attached hydrogen (secondary N) is 1. The van der Waals surface area contributed by atoms with Gasteiger partial charge in [-0.3, -0.25) is 4.79 Å². The highest BCUT2D eigenvalue weighted by Gasteiger charge is 2.09. The zero-order valence-corrected chi connectivity index (χ0v) is 20.5. The Bertz CT molecular complexity index is 1410. The van der Waals surface area contributed by atoms with Crippen molar-refractivity contribution < 1.29 is 4.79 Å². The average Bonchev–Trinajstić information content (AvgIpc) is 3.29. The fourth-order valence-electron chi connectivity index (χ4n) is 3.67. The van der Waals surface area contributed by atoms with Crippen molar-refractivity contribution in [1.82, 2.24) is 4.98 Å². The van der Waals surface area contributed by atoms with Gasteiger partial charge in [0.1, 0.15) is 5.01 Å². The van der Waals surface area contributed by atoms with Gasteiger partial charge < -0.3 is 5.32 Å². The van der Waals surface area contributed by atoms with Gasteiger partial charge >= 0.3 is 0 Å². The average molecular weight is 481 g/mol. The molecule has 0 aliphatic carbocycles. The van der Waals surface area contributed by atoms with Crippen LogP contribution in [0.5, 0.6) is 0 Å². The Morgan fingerprint density at radius 2 is 1.56 bits per heavy atom. The second-order valence-corrected chi connectivity index (χ2v) is 10.2. The van der Waals surface area contributed by atoms with Crippen LogP contribution in [0.15, 0.2) is 97.1 Å². The summed E-state index contributed by atoms with van der Waals surface area (Å²) in [6, 6.07) is 32.5. The predicted octanol–water partition coefficient (Wildman–Crippen LogP) is 7.96. The molecule has 34 heavy (non-hydrogen) atoms. The molecule has 5 rings (SSSR count). The van der Waals surface area contributed by atoms with E-state index in [-0.39, 0.29) is 5.91 Å². The zero-order chi connectivity index (χ0) is 23.3. The van der Waals surface area contributed by atoms with Crippen LogP contribution in [0.3, 0.4) is 0 Å². The van der Waals surface area contributed by atoms with Crippen molar-refractivity contribution in [2.45, 2.75) is 18.4 Å². The van der Waals surface area contributed by atoms with Crippen LogP contribution >= 0.6 is 23.1 Å². The number of hydrogen-bond acceptors (Lipinski definition) is 4. The molecule has 0 saturated carbocycles. The number of rotatable bonds is 7. The number of fused-ring (bicyclic) bond motifs is 1. The molecule has 0 fully saturated rings. The lowest BCUT2D eigenvalue weighted by molar-refractivity contribution is 0.102. The molecule has 0 bridgehead atoms. The number of carbonyl (C=O) groups is 1. The third kappa shape index (κ3) is 5.38. The molecule has 0 unspecified atom stereocenters. The Morgan fingerprint density at radius 3 is 2.29 bits per heavy atom. The maximum Gasteiger partial charge on any atom is 0.255 e. The molecule has 168 valence electrons. The lowest BCUT2D eigenvalue weighted by Gasteiger charge is -2.07. The van der Waals surface area contributed by atoms with Gasteiger partial charge in [0.2, 0.25) is 0 Å². The van der Waals surface area contributed by atoms with Crippen LogP contribution in [0.1, 0.15) is 27.0 Å². The third-order valence-corrected chi connectivity index (χ3v) is 7.67. The highest BCUT2D eigenvalue weighted by molar-refractivity contribution is 7.97. The molecule has 3 nitrogen and oxygen atoms in total. The number of thiazole rings is 1. The molecular formula is C29H24N2OS2. The van der Waals surface area contributed by atoms with Crippen LogP contribution in [0.25, 0.3) is 20.8 Å². The maximum absolute atomic E-state index is 12.7. The summed E-state index contributed by atoms with van der Waals surface area (Å²) in [5, 5.41) is 3.98. The van der Waals surface area contributed by atoms with Crippen molar-refractivity contribution >= 4 is 44.9 Å². The number of carbonyl (C=O) groups excluding carboxylic acids is 1. The van der Waals surface area contributed by atoms with Gasteiger partial charge in [0.05, 0.1) is 10.2 Å². The lowest BCUT2D eigenvalue weighted by atomic mass is 10.1. The topological polar surface area (TPSA) is 42.0 Å². The Balaban J connectivity index is 1.18. The van der Waals surface area contributed by atoms with Gasteiger partial charge in [-0.15, -0.1) is 11.3 Å². The first kappa shape index (κ1) is 22.4. The molecule has 1 heterocycles. The van der Waals surface area contributed by atoms with Gasteiger partial charge in [0.25, 0.3) is 5.91 Å². The first-order valence-electron chi connectivity index (χ1n) is 11.1. The van der Waals surface area contributed by atoms with Crippen molar-refractivity contribution in [3.05, 3.63) is 119 Å². The van der Waals surface area contributed by atoms with Gasteiger partial charge in [-0.05, 0) is 72.1 Å². The fraction of sp³-hybridized carbons (Fsp3) is 0.103. The summed E-state index contributed by atoms with van der Waals surface area (Å²) in [4.78, 5) is 17.4. The quantitative estimate of drug-likeness (QED) is 0.257. The molecule has 1 N–H and O–H groups in total. The molecule has 0 aliphatic rings. The number of aryl methyl sites for hydroxylation is 1. The van der Waals surface area contributed by atoms with Gasteiger partial charge in [-0.2, -0.15) is 11.8 Å². The van der Waals surface area contributed by atoms with E-state index < -0.39 is 0 Å². The standard InChI is InChI=1S/C29H24N2OS2/c1-20-7-16-26-27(17-20)34-29(31-26)24-12-14-25(15-13-24)30-28(32)23-10-8-22(9-11-23)19-33-18-21-5-3-2-4-6-21/h2-17H,18-19H2,1H3,(H,30,32). The normalized spacial score (nSPS) is 11.0. The minimum Gasteiger partial charge on any atom is -0.322 e. The number of aromatic nitrogens is 1. The number of nitrogens with zero attached hydrogens (tertiary/aromatic N) is 1.